The van der Waals surface area contributed by atoms with Crippen LogP contribution in [0.2, 0.25) is 0 Å². The van der Waals surface area contributed by atoms with E-state index in [0.29, 0.717) is 0 Å². The SMILES string of the molecule is Cl.Cl.c1nc(C2CCNCC2)cs1. The minimum Gasteiger partial charge on any atom is -0.317 e. The largest absolute Gasteiger partial charge is 0.317 e. The van der Waals surface area contributed by atoms with Crippen molar-refractivity contribution in [2.45, 2.75) is 18.8 Å². The number of hydrogen-bond acceptors (Lipinski definition) is 3. The van der Waals surface area contributed by atoms with Crippen LogP contribution in [-0.2, 0) is 0 Å². The number of piperidine rings is 1. The first-order chi connectivity index (χ1) is 5.47. The van der Waals surface area contributed by atoms with Crippen LogP contribution in [0.25, 0.3) is 0 Å². The molecule has 0 saturated carbocycles. The second-order valence-electron chi connectivity index (χ2n) is 2.94. The molecule has 0 aromatic carbocycles. The summed E-state index contributed by atoms with van der Waals surface area (Å²) in [5, 5.41) is 5.53. The molecule has 1 aliphatic heterocycles. The fourth-order valence-corrected chi connectivity index (χ4v) is 2.18. The van der Waals surface area contributed by atoms with Gasteiger partial charge < -0.3 is 5.32 Å². The van der Waals surface area contributed by atoms with E-state index in [-0.39, 0.29) is 24.8 Å². The van der Waals surface area contributed by atoms with Crippen molar-refractivity contribution in [2.75, 3.05) is 13.1 Å². The van der Waals surface area contributed by atoms with Gasteiger partial charge in [-0.25, -0.2) is 4.98 Å². The Morgan fingerprint density at radius 3 is 2.54 bits per heavy atom. The zero-order valence-corrected chi connectivity index (χ0v) is 9.68. The third-order valence-electron chi connectivity index (χ3n) is 2.21. The van der Waals surface area contributed by atoms with Gasteiger partial charge in [0.2, 0.25) is 0 Å². The van der Waals surface area contributed by atoms with Gasteiger partial charge in [0.05, 0.1) is 11.2 Å². The van der Waals surface area contributed by atoms with Gasteiger partial charge in [-0.3, -0.25) is 0 Å². The van der Waals surface area contributed by atoms with E-state index in [1.54, 1.807) is 11.3 Å². The van der Waals surface area contributed by atoms with Crippen molar-refractivity contribution in [1.29, 1.82) is 0 Å². The van der Waals surface area contributed by atoms with Gasteiger partial charge in [-0.2, -0.15) is 0 Å². The minimum absolute atomic E-state index is 0. The summed E-state index contributed by atoms with van der Waals surface area (Å²) in [5.74, 6) is 0.725. The fourth-order valence-electron chi connectivity index (χ4n) is 1.54. The zero-order chi connectivity index (χ0) is 7.52. The van der Waals surface area contributed by atoms with Gasteiger partial charge in [0.25, 0.3) is 0 Å². The maximum absolute atomic E-state index is 4.33. The molecule has 0 spiro atoms. The van der Waals surface area contributed by atoms with Crippen molar-refractivity contribution in [3.05, 3.63) is 16.6 Å². The van der Waals surface area contributed by atoms with Gasteiger partial charge >= 0.3 is 0 Å². The van der Waals surface area contributed by atoms with Crippen molar-refractivity contribution < 1.29 is 0 Å². The lowest BCUT2D eigenvalue weighted by atomic mass is 9.96. The Morgan fingerprint density at radius 1 is 1.31 bits per heavy atom. The third-order valence-corrected chi connectivity index (χ3v) is 2.81. The number of rotatable bonds is 1. The molecule has 1 N–H and O–H groups in total. The first kappa shape index (κ1) is 13.2. The molecular formula is C8H14Cl2N2S. The summed E-state index contributed by atoms with van der Waals surface area (Å²) in [6.07, 6.45) is 2.51. The molecule has 1 aromatic rings. The summed E-state index contributed by atoms with van der Waals surface area (Å²) in [7, 11) is 0. The molecule has 0 atom stereocenters. The first-order valence-corrected chi connectivity index (χ1v) is 5.00. The maximum atomic E-state index is 4.33. The Kier molecular flexibility index (Phi) is 6.68. The Bertz CT molecular complexity index is 210. The van der Waals surface area contributed by atoms with Crippen molar-refractivity contribution in [3.63, 3.8) is 0 Å². The molecule has 1 fully saturated rings. The standard InChI is InChI=1S/C8H12N2S.2ClH/c1-3-9-4-2-7(1)8-5-11-6-10-8;;/h5-7,9H,1-4H2;2*1H. The molecular weight excluding hydrogens is 227 g/mol. The highest BCUT2D eigenvalue weighted by Crippen LogP contribution is 2.24. The fraction of sp³-hybridized carbons (Fsp3) is 0.625. The predicted molar refractivity (Wildman–Crippen MR) is 61.5 cm³/mol. The highest BCUT2D eigenvalue weighted by Gasteiger charge is 2.15. The molecule has 1 aliphatic rings. The highest BCUT2D eigenvalue weighted by molar-refractivity contribution is 7.07. The lowest BCUT2D eigenvalue weighted by molar-refractivity contribution is 0.454. The Hall–Kier alpha value is 0.170. The molecule has 0 amide bonds. The average molecular weight is 241 g/mol. The number of nitrogens with zero attached hydrogens (tertiary/aromatic N) is 1. The van der Waals surface area contributed by atoms with E-state index in [0.717, 1.165) is 19.0 Å². The average Bonchev–Trinajstić information content (AvgIpc) is 2.58. The summed E-state index contributed by atoms with van der Waals surface area (Å²) in [6.45, 7) is 2.31. The van der Waals surface area contributed by atoms with E-state index in [1.165, 1.54) is 18.5 Å². The summed E-state index contributed by atoms with van der Waals surface area (Å²) in [6, 6.07) is 0. The Morgan fingerprint density at radius 2 is 2.00 bits per heavy atom. The van der Waals surface area contributed by atoms with Gasteiger partial charge in [0, 0.05) is 11.3 Å². The topological polar surface area (TPSA) is 24.9 Å². The zero-order valence-electron chi connectivity index (χ0n) is 7.23. The molecule has 0 bridgehead atoms. The first-order valence-electron chi connectivity index (χ1n) is 4.05. The second kappa shape index (κ2) is 6.60. The quantitative estimate of drug-likeness (QED) is 0.816. The molecule has 2 rings (SSSR count). The Balaban J connectivity index is 0.000000720. The summed E-state index contributed by atoms with van der Waals surface area (Å²) in [4.78, 5) is 4.33. The molecule has 1 aromatic heterocycles. The van der Waals surface area contributed by atoms with Crippen molar-refractivity contribution in [1.82, 2.24) is 10.3 Å². The number of thiazole rings is 1. The number of hydrogen-bond donors (Lipinski definition) is 1. The maximum Gasteiger partial charge on any atom is 0.0794 e. The van der Waals surface area contributed by atoms with Gasteiger partial charge in [-0.05, 0) is 25.9 Å². The van der Waals surface area contributed by atoms with E-state index in [9.17, 15) is 0 Å². The highest BCUT2D eigenvalue weighted by atomic mass is 35.5. The van der Waals surface area contributed by atoms with Crippen LogP contribution in [0, 0.1) is 0 Å². The molecule has 0 radical (unpaired) electrons. The van der Waals surface area contributed by atoms with Crippen LogP contribution in [0.5, 0.6) is 0 Å². The lowest BCUT2D eigenvalue weighted by Gasteiger charge is -2.20. The van der Waals surface area contributed by atoms with Crippen LogP contribution >= 0.6 is 36.2 Å². The molecule has 1 saturated heterocycles. The molecule has 2 heterocycles. The summed E-state index contributed by atoms with van der Waals surface area (Å²) < 4.78 is 0. The second-order valence-corrected chi connectivity index (χ2v) is 3.66. The van der Waals surface area contributed by atoms with E-state index in [1.807, 2.05) is 5.51 Å². The van der Waals surface area contributed by atoms with Gasteiger partial charge in [0.15, 0.2) is 0 Å². The number of halogens is 2. The van der Waals surface area contributed by atoms with Crippen LogP contribution in [0.15, 0.2) is 10.9 Å². The molecule has 13 heavy (non-hydrogen) atoms. The van der Waals surface area contributed by atoms with Crippen LogP contribution < -0.4 is 5.32 Å². The monoisotopic (exact) mass is 240 g/mol. The lowest BCUT2D eigenvalue weighted by Crippen LogP contribution is -2.26. The van der Waals surface area contributed by atoms with Crippen molar-refractivity contribution in [3.8, 4) is 0 Å². The number of aromatic nitrogens is 1. The van der Waals surface area contributed by atoms with Crippen LogP contribution in [0.1, 0.15) is 24.5 Å². The van der Waals surface area contributed by atoms with Crippen molar-refractivity contribution in [2.24, 2.45) is 0 Å². The van der Waals surface area contributed by atoms with E-state index in [4.69, 9.17) is 0 Å². The third kappa shape index (κ3) is 3.43. The molecule has 2 nitrogen and oxygen atoms in total. The summed E-state index contributed by atoms with van der Waals surface area (Å²) in [5.41, 5.74) is 3.23. The molecule has 76 valence electrons. The smallest absolute Gasteiger partial charge is 0.0794 e. The molecule has 0 unspecified atom stereocenters. The molecule has 0 aliphatic carbocycles. The van der Waals surface area contributed by atoms with Gasteiger partial charge in [-0.15, -0.1) is 36.2 Å². The number of nitrogens with one attached hydrogen (secondary N) is 1. The Labute approximate surface area is 95.0 Å². The predicted octanol–water partition coefficient (Wildman–Crippen LogP) is 2.45. The molecule has 5 heteroatoms. The summed E-state index contributed by atoms with van der Waals surface area (Å²) >= 11 is 1.70. The van der Waals surface area contributed by atoms with E-state index < -0.39 is 0 Å². The van der Waals surface area contributed by atoms with Crippen LogP contribution in [0.4, 0.5) is 0 Å². The van der Waals surface area contributed by atoms with Crippen LogP contribution in [-0.4, -0.2) is 18.1 Å². The minimum atomic E-state index is 0. The van der Waals surface area contributed by atoms with E-state index in [2.05, 4.69) is 15.7 Å². The van der Waals surface area contributed by atoms with E-state index >= 15 is 0 Å². The normalized spacial score (nSPS) is 17.2. The van der Waals surface area contributed by atoms with Gasteiger partial charge in [0.1, 0.15) is 0 Å². The van der Waals surface area contributed by atoms with Gasteiger partial charge in [-0.1, -0.05) is 0 Å². The van der Waals surface area contributed by atoms with Crippen molar-refractivity contribution >= 4 is 36.2 Å². The van der Waals surface area contributed by atoms with Crippen LogP contribution in [0.3, 0.4) is 0 Å².